The third-order valence-electron chi connectivity index (χ3n) is 5.69. The number of benzene rings is 3. The molecule has 6 rings (SSSR count). The zero-order valence-electron chi connectivity index (χ0n) is 17.1. The largest absolute Gasteiger partial charge is 0.337 e. The Balaban J connectivity index is 1.66. The van der Waals surface area contributed by atoms with E-state index in [0.29, 0.717) is 28.9 Å². The number of fused-ring (bicyclic) bond motifs is 2. The summed E-state index contributed by atoms with van der Waals surface area (Å²) < 4.78 is 3.42. The van der Waals surface area contributed by atoms with Gasteiger partial charge in [-0.2, -0.15) is 9.61 Å². The molecular formula is C26H19N5O. The lowest BCUT2D eigenvalue weighted by atomic mass is 10.1. The van der Waals surface area contributed by atoms with Gasteiger partial charge in [0.2, 0.25) is 0 Å². The summed E-state index contributed by atoms with van der Waals surface area (Å²) in [6.07, 6.45) is 2.02. The van der Waals surface area contributed by atoms with Gasteiger partial charge in [0, 0.05) is 23.9 Å². The van der Waals surface area contributed by atoms with Gasteiger partial charge in [0.25, 0.3) is 5.56 Å². The Labute approximate surface area is 183 Å². The van der Waals surface area contributed by atoms with Crippen molar-refractivity contribution in [2.75, 3.05) is 0 Å². The van der Waals surface area contributed by atoms with Gasteiger partial charge in [0.1, 0.15) is 16.7 Å². The van der Waals surface area contributed by atoms with Crippen LogP contribution in [-0.2, 0) is 6.54 Å². The summed E-state index contributed by atoms with van der Waals surface area (Å²) in [5, 5.41) is 7.28. The van der Waals surface area contributed by atoms with Gasteiger partial charge in [-0.25, -0.2) is 10.2 Å². The van der Waals surface area contributed by atoms with Crippen LogP contribution in [0.5, 0.6) is 0 Å². The summed E-state index contributed by atoms with van der Waals surface area (Å²) in [5.74, 6) is 0. The topological polar surface area (TPSA) is 68.0 Å². The summed E-state index contributed by atoms with van der Waals surface area (Å²) in [6, 6.07) is 29.9. The van der Waals surface area contributed by atoms with Gasteiger partial charge in [-0.3, -0.25) is 4.79 Å². The number of hydrogen-bond donors (Lipinski definition) is 1. The standard InChI is InChI=1S/C26H19N5O/c32-26-24-23(27-25-22(28-29-31(25)26)20-14-8-3-9-15-20)21(19-12-6-2-7-13-19)17-30(24)16-18-10-4-1-5-11-18/h1-15,17,29H,16H2. The average Bonchev–Trinajstić information content (AvgIpc) is 3.43. The molecule has 0 fully saturated rings. The monoisotopic (exact) mass is 417 g/mol. The number of nitrogens with zero attached hydrogens (tertiary/aromatic N) is 4. The minimum atomic E-state index is -0.169. The molecule has 0 atom stereocenters. The molecule has 3 heterocycles. The van der Waals surface area contributed by atoms with Gasteiger partial charge in [-0.1, -0.05) is 91.0 Å². The highest BCUT2D eigenvalue weighted by Gasteiger charge is 2.20. The van der Waals surface area contributed by atoms with Crippen molar-refractivity contribution in [3.8, 4) is 22.4 Å². The Morgan fingerprint density at radius 3 is 2.09 bits per heavy atom. The number of nitrogens with one attached hydrogen (secondary N) is 1. The number of hydrogen-bond acceptors (Lipinski definition) is 3. The maximum atomic E-state index is 13.6. The van der Waals surface area contributed by atoms with Crippen molar-refractivity contribution in [2.24, 2.45) is 0 Å². The van der Waals surface area contributed by atoms with Crippen molar-refractivity contribution in [1.29, 1.82) is 0 Å². The molecule has 0 radical (unpaired) electrons. The summed E-state index contributed by atoms with van der Waals surface area (Å²) in [7, 11) is 0. The van der Waals surface area contributed by atoms with Crippen molar-refractivity contribution in [2.45, 2.75) is 6.54 Å². The van der Waals surface area contributed by atoms with E-state index in [0.717, 1.165) is 22.3 Å². The molecule has 0 bridgehead atoms. The molecule has 0 amide bonds. The second-order valence-corrected chi connectivity index (χ2v) is 7.72. The van der Waals surface area contributed by atoms with Crippen LogP contribution >= 0.6 is 0 Å². The fourth-order valence-electron chi connectivity index (χ4n) is 4.17. The minimum Gasteiger partial charge on any atom is -0.337 e. The van der Waals surface area contributed by atoms with Crippen molar-refractivity contribution >= 4 is 16.7 Å². The lowest BCUT2D eigenvalue weighted by molar-refractivity contribution is 0.797. The lowest BCUT2D eigenvalue weighted by Gasteiger charge is -2.05. The molecule has 154 valence electrons. The van der Waals surface area contributed by atoms with Crippen LogP contribution in [-0.4, -0.2) is 24.4 Å². The predicted octanol–water partition coefficient (Wildman–Crippen LogP) is 4.75. The first-order valence-corrected chi connectivity index (χ1v) is 10.4. The number of aromatic nitrogens is 5. The Morgan fingerprint density at radius 1 is 0.781 bits per heavy atom. The Kier molecular flexibility index (Phi) is 4.21. The zero-order valence-corrected chi connectivity index (χ0v) is 17.1. The van der Waals surface area contributed by atoms with E-state index in [2.05, 4.69) is 22.4 Å². The van der Waals surface area contributed by atoms with Gasteiger partial charge in [0.15, 0.2) is 5.65 Å². The van der Waals surface area contributed by atoms with E-state index in [1.54, 1.807) is 0 Å². The summed E-state index contributed by atoms with van der Waals surface area (Å²) in [5.41, 5.74) is 6.19. The van der Waals surface area contributed by atoms with Crippen molar-refractivity contribution < 1.29 is 0 Å². The van der Waals surface area contributed by atoms with E-state index in [1.165, 1.54) is 4.52 Å². The molecule has 32 heavy (non-hydrogen) atoms. The molecule has 1 N–H and O–H groups in total. The quantitative estimate of drug-likeness (QED) is 0.450. The summed E-state index contributed by atoms with van der Waals surface area (Å²) in [6.45, 7) is 0.576. The summed E-state index contributed by atoms with van der Waals surface area (Å²) in [4.78, 5) is 18.6. The first kappa shape index (κ1) is 18.3. The van der Waals surface area contributed by atoms with E-state index in [-0.39, 0.29) is 5.56 Å². The molecule has 0 unspecified atom stereocenters. The molecule has 6 nitrogen and oxygen atoms in total. The Bertz CT molecular complexity index is 1600. The SMILES string of the molecule is O=c1c2c(nc3c(-c4ccccc4)n[nH]n13)c(-c1ccccc1)cn2Cc1ccccc1. The molecule has 0 spiro atoms. The van der Waals surface area contributed by atoms with E-state index < -0.39 is 0 Å². The molecule has 0 saturated carbocycles. The number of rotatable bonds is 4. The predicted molar refractivity (Wildman–Crippen MR) is 126 cm³/mol. The Morgan fingerprint density at radius 2 is 1.41 bits per heavy atom. The smallest absolute Gasteiger partial charge is 0.298 e. The van der Waals surface area contributed by atoms with Crippen molar-refractivity contribution in [3.63, 3.8) is 0 Å². The second-order valence-electron chi connectivity index (χ2n) is 7.72. The highest BCUT2D eigenvalue weighted by Crippen LogP contribution is 2.30. The zero-order chi connectivity index (χ0) is 21.5. The lowest BCUT2D eigenvalue weighted by Crippen LogP contribution is -2.18. The van der Waals surface area contributed by atoms with Gasteiger partial charge in [-0.15, -0.1) is 0 Å². The van der Waals surface area contributed by atoms with Crippen LogP contribution < -0.4 is 5.56 Å². The van der Waals surface area contributed by atoms with Crippen LogP contribution in [0.3, 0.4) is 0 Å². The molecule has 0 aliphatic heterocycles. The highest BCUT2D eigenvalue weighted by molar-refractivity contribution is 5.94. The molecule has 0 aliphatic rings. The van der Waals surface area contributed by atoms with E-state index in [1.807, 2.05) is 89.6 Å². The van der Waals surface area contributed by atoms with Gasteiger partial charge in [0.05, 0.1) is 0 Å². The van der Waals surface area contributed by atoms with Crippen molar-refractivity contribution in [3.05, 3.63) is 113 Å². The third-order valence-corrected chi connectivity index (χ3v) is 5.69. The second kappa shape index (κ2) is 7.35. The molecule has 6 aromatic rings. The molecule has 0 saturated heterocycles. The van der Waals surface area contributed by atoms with Crippen molar-refractivity contribution in [1.82, 2.24) is 24.4 Å². The van der Waals surface area contributed by atoms with Crippen LogP contribution in [0.2, 0.25) is 0 Å². The van der Waals surface area contributed by atoms with Crippen LogP contribution in [0.25, 0.3) is 39.1 Å². The van der Waals surface area contributed by atoms with Crippen LogP contribution in [0.1, 0.15) is 5.56 Å². The van der Waals surface area contributed by atoms with Crippen LogP contribution in [0.15, 0.2) is 102 Å². The minimum absolute atomic E-state index is 0.169. The molecule has 0 aliphatic carbocycles. The fourth-order valence-corrected chi connectivity index (χ4v) is 4.17. The molecule has 3 aromatic heterocycles. The summed E-state index contributed by atoms with van der Waals surface area (Å²) >= 11 is 0. The van der Waals surface area contributed by atoms with Crippen LogP contribution in [0, 0.1) is 0 Å². The van der Waals surface area contributed by atoms with Crippen LogP contribution in [0.4, 0.5) is 0 Å². The van der Waals surface area contributed by atoms with E-state index in [4.69, 9.17) is 4.98 Å². The van der Waals surface area contributed by atoms with Gasteiger partial charge in [-0.05, 0) is 11.1 Å². The molecular weight excluding hydrogens is 398 g/mol. The number of H-pyrrole nitrogens is 1. The normalized spacial score (nSPS) is 11.4. The average molecular weight is 417 g/mol. The highest BCUT2D eigenvalue weighted by atomic mass is 16.1. The first-order chi connectivity index (χ1) is 15.8. The molecule has 6 heteroatoms. The first-order valence-electron chi connectivity index (χ1n) is 10.4. The Hall–Kier alpha value is -4.45. The fraction of sp³-hybridized carbons (Fsp3) is 0.0385. The third kappa shape index (κ3) is 2.93. The maximum absolute atomic E-state index is 13.6. The number of aromatic amines is 1. The van der Waals surface area contributed by atoms with E-state index in [9.17, 15) is 4.79 Å². The van der Waals surface area contributed by atoms with Gasteiger partial charge >= 0.3 is 0 Å². The maximum Gasteiger partial charge on any atom is 0.298 e. The van der Waals surface area contributed by atoms with Gasteiger partial charge < -0.3 is 4.57 Å². The van der Waals surface area contributed by atoms with E-state index >= 15 is 0 Å². The molecule has 3 aromatic carbocycles.